The number of benzene rings is 1. The number of hydrogen-bond donors (Lipinski definition) is 2. The number of ether oxygens (including phenoxy) is 2. The summed E-state index contributed by atoms with van der Waals surface area (Å²) in [5.74, 6) is 0.266. The number of nitrogens with one attached hydrogen (secondary N) is 2. The smallest absolute Gasteiger partial charge is 0.250 e. The zero-order valence-electron chi connectivity index (χ0n) is 22.9. The van der Waals surface area contributed by atoms with E-state index in [1.165, 1.54) is 12.7 Å². The second-order valence-electron chi connectivity index (χ2n) is 9.63. The van der Waals surface area contributed by atoms with Gasteiger partial charge in [-0.25, -0.2) is 0 Å². The third-order valence-corrected chi connectivity index (χ3v) is 7.44. The van der Waals surface area contributed by atoms with Gasteiger partial charge in [0.15, 0.2) is 5.11 Å². The van der Waals surface area contributed by atoms with Gasteiger partial charge < -0.3 is 29.6 Å². The average molecular weight is 557 g/mol. The quantitative estimate of drug-likeness (QED) is 0.286. The van der Waals surface area contributed by atoms with E-state index in [-0.39, 0.29) is 24.6 Å². The molecule has 10 heteroatoms. The van der Waals surface area contributed by atoms with Crippen LogP contribution in [0.3, 0.4) is 0 Å². The molecule has 0 bridgehead atoms. The van der Waals surface area contributed by atoms with Gasteiger partial charge in [-0.3, -0.25) is 14.8 Å². The van der Waals surface area contributed by atoms with E-state index in [0.29, 0.717) is 16.5 Å². The van der Waals surface area contributed by atoms with E-state index < -0.39 is 0 Å². The van der Waals surface area contributed by atoms with Gasteiger partial charge in [0.1, 0.15) is 12.4 Å². The highest BCUT2D eigenvalue weighted by Crippen LogP contribution is 2.44. The Morgan fingerprint density at radius 3 is 2.58 bits per heavy atom. The molecular formula is C30H32N6O3S. The summed E-state index contributed by atoms with van der Waals surface area (Å²) in [6.45, 7) is 4.93. The van der Waals surface area contributed by atoms with Crippen molar-refractivity contribution in [1.29, 1.82) is 0 Å². The maximum atomic E-state index is 12.4. The van der Waals surface area contributed by atoms with Crippen LogP contribution >= 0.6 is 12.2 Å². The number of pyridine rings is 2. The van der Waals surface area contributed by atoms with Gasteiger partial charge >= 0.3 is 0 Å². The summed E-state index contributed by atoms with van der Waals surface area (Å²) in [6, 6.07) is 17.5. The molecule has 2 N–H and O–H groups in total. The zero-order valence-corrected chi connectivity index (χ0v) is 23.7. The Kier molecular flexibility index (Phi) is 8.09. The van der Waals surface area contributed by atoms with Crippen LogP contribution in [0.25, 0.3) is 0 Å². The number of anilines is 2. The summed E-state index contributed by atoms with van der Waals surface area (Å²) >= 11 is 5.93. The Morgan fingerprint density at radius 1 is 1.07 bits per heavy atom. The van der Waals surface area contributed by atoms with Gasteiger partial charge in [0, 0.05) is 49.3 Å². The summed E-state index contributed by atoms with van der Waals surface area (Å²) < 4.78 is 12.8. The number of amides is 1. The number of rotatable bonds is 9. The number of aromatic nitrogens is 3. The monoisotopic (exact) mass is 556 g/mol. The molecule has 1 aliphatic rings. The van der Waals surface area contributed by atoms with Crippen molar-refractivity contribution in [2.45, 2.75) is 32.5 Å². The van der Waals surface area contributed by atoms with Crippen LogP contribution in [0.2, 0.25) is 0 Å². The summed E-state index contributed by atoms with van der Waals surface area (Å²) in [6.07, 6.45) is 5.42. The van der Waals surface area contributed by atoms with Gasteiger partial charge in [0.25, 0.3) is 0 Å². The minimum absolute atomic E-state index is 0.0646. The van der Waals surface area contributed by atoms with Crippen LogP contribution in [0.5, 0.6) is 5.75 Å². The zero-order chi connectivity index (χ0) is 28.2. The fourth-order valence-corrected chi connectivity index (χ4v) is 5.60. The van der Waals surface area contributed by atoms with Crippen molar-refractivity contribution in [3.8, 4) is 5.75 Å². The predicted octanol–water partition coefficient (Wildman–Crippen LogP) is 4.71. The van der Waals surface area contributed by atoms with Crippen molar-refractivity contribution in [3.63, 3.8) is 0 Å². The molecule has 1 fully saturated rings. The first-order valence-electron chi connectivity index (χ1n) is 12.9. The van der Waals surface area contributed by atoms with Crippen LogP contribution in [0, 0.1) is 13.8 Å². The van der Waals surface area contributed by atoms with Gasteiger partial charge in [0.2, 0.25) is 5.91 Å². The van der Waals surface area contributed by atoms with Crippen LogP contribution in [0.15, 0.2) is 73.2 Å². The van der Waals surface area contributed by atoms with Crippen LogP contribution in [-0.2, 0) is 16.1 Å². The van der Waals surface area contributed by atoms with Crippen molar-refractivity contribution in [3.05, 3.63) is 101 Å². The van der Waals surface area contributed by atoms with Gasteiger partial charge in [-0.2, -0.15) is 0 Å². The molecule has 206 valence electrons. The van der Waals surface area contributed by atoms with Crippen LogP contribution in [0.1, 0.15) is 40.3 Å². The molecule has 4 aromatic rings. The summed E-state index contributed by atoms with van der Waals surface area (Å²) in [4.78, 5) is 23.3. The minimum Gasteiger partial charge on any atom is -0.495 e. The predicted molar refractivity (Wildman–Crippen MR) is 159 cm³/mol. The number of hydrogen-bond acceptors (Lipinski definition) is 6. The standard InChI is InChI=1S/C30H32N6O3S/c1-19-15-23(20(2)35(19)17-21-10-13-31-14-11-21)29-28(24-7-5-6-12-32-24)34-30(40)36(29)22-8-9-26(39-4)25(16-22)33-27(37)18-38-3/h5-16,28-29H,17-18H2,1-4H3,(H,33,37)(H,34,40)/t28-,29+/m1/s1. The van der Waals surface area contributed by atoms with E-state index >= 15 is 0 Å². The largest absolute Gasteiger partial charge is 0.495 e. The van der Waals surface area contributed by atoms with Crippen molar-refractivity contribution in [2.75, 3.05) is 31.0 Å². The molecule has 0 unspecified atom stereocenters. The Bertz CT molecular complexity index is 1510. The van der Waals surface area contributed by atoms with E-state index in [4.69, 9.17) is 21.7 Å². The van der Waals surface area contributed by atoms with Crippen molar-refractivity contribution < 1.29 is 14.3 Å². The normalized spacial score (nSPS) is 16.6. The highest BCUT2D eigenvalue weighted by atomic mass is 32.1. The van der Waals surface area contributed by atoms with E-state index in [9.17, 15) is 4.79 Å². The SMILES string of the molecule is COCC(=O)Nc1cc(N2C(=S)N[C@H](c3ccccn3)[C@@H]2c2cc(C)n(Cc3ccncc3)c2C)ccc1OC. The molecule has 1 saturated heterocycles. The van der Waals surface area contributed by atoms with E-state index in [1.807, 2.05) is 60.9 Å². The van der Waals surface area contributed by atoms with Crippen LogP contribution in [0.4, 0.5) is 11.4 Å². The molecule has 0 aliphatic carbocycles. The van der Waals surface area contributed by atoms with Crippen LogP contribution < -0.4 is 20.3 Å². The minimum atomic E-state index is -0.275. The number of methoxy groups -OCH3 is 2. The number of aryl methyl sites for hydroxylation is 1. The number of nitrogens with zero attached hydrogens (tertiary/aromatic N) is 4. The molecule has 9 nitrogen and oxygen atoms in total. The lowest BCUT2D eigenvalue weighted by molar-refractivity contribution is -0.119. The lowest BCUT2D eigenvalue weighted by atomic mass is 9.96. The first-order chi connectivity index (χ1) is 19.4. The molecule has 1 aromatic carbocycles. The first-order valence-corrected chi connectivity index (χ1v) is 13.3. The maximum Gasteiger partial charge on any atom is 0.250 e. The summed E-state index contributed by atoms with van der Waals surface area (Å²) in [5, 5.41) is 6.98. The molecule has 0 spiro atoms. The fourth-order valence-electron chi connectivity index (χ4n) is 5.25. The number of carbonyl (C=O) groups excluding carboxylic acids is 1. The van der Waals surface area contributed by atoms with Crippen molar-refractivity contribution in [2.24, 2.45) is 0 Å². The molecule has 0 radical (unpaired) electrons. The number of carbonyl (C=O) groups is 1. The molecule has 2 atom stereocenters. The summed E-state index contributed by atoms with van der Waals surface area (Å²) in [5.41, 5.74) is 6.83. The third kappa shape index (κ3) is 5.41. The molecule has 1 amide bonds. The van der Waals surface area contributed by atoms with Crippen molar-refractivity contribution in [1.82, 2.24) is 19.9 Å². The van der Waals surface area contributed by atoms with Crippen LogP contribution in [-0.4, -0.2) is 46.4 Å². The molecule has 1 aliphatic heterocycles. The second-order valence-corrected chi connectivity index (χ2v) is 10.0. The van der Waals surface area contributed by atoms with Gasteiger partial charge in [-0.15, -0.1) is 0 Å². The Labute approximate surface area is 239 Å². The molecule has 40 heavy (non-hydrogen) atoms. The fraction of sp³-hybridized carbons (Fsp3) is 0.267. The highest BCUT2D eigenvalue weighted by Gasteiger charge is 2.42. The lowest BCUT2D eigenvalue weighted by Gasteiger charge is -2.29. The maximum absolute atomic E-state index is 12.4. The van der Waals surface area contributed by atoms with Gasteiger partial charge in [-0.1, -0.05) is 6.07 Å². The molecule has 4 heterocycles. The molecule has 3 aromatic heterocycles. The van der Waals surface area contributed by atoms with Crippen molar-refractivity contribution >= 4 is 34.6 Å². The second kappa shape index (κ2) is 11.8. The van der Waals surface area contributed by atoms with E-state index in [0.717, 1.165) is 34.9 Å². The topological polar surface area (TPSA) is 93.5 Å². The third-order valence-electron chi connectivity index (χ3n) is 7.13. The summed E-state index contributed by atoms with van der Waals surface area (Å²) in [7, 11) is 3.05. The average Bonchev–Trinajstić information content (AvgIpc) is 3.45. The molecular weight excluding hydrogens is 524 g/mol. The first kappa shape index (κ1) is 27.3. The van der Waals surface area contributed by atoms with E-state index in [2.05, 4.69) is 50.0 Å². The Balaban J connectivity index is 1.60. The highest BCUT2D eigenvalue weighted by molar-refractivity contribution is 7.80. The Hall–Kier alpha value is -4.28. The molecule has 0 saturated carbocycles. The van der Waals surface area contributed by atoms with Gasteiger partial charge in [-0.05, 0) is 85.7 Å². The van der Waals surface area contributed by atoms with E-state index in [1.54, 1.807) is 13.3 Å². The van der Waals surface area contributed by atoms with Gasteiger partial charge in [0.05, 0.1) is 30.6 Å². The molecule has 5 rings (SSSR count). The number of thiocarbonyl (C=S) groups is 1. The lowest BCUT2D eigenvalue weighted by Crippen LogP contribution is -2.29. The Morgan fingerprint density at radius 2 is 1.88 bits per heavy atom.